The molecular weight excluding hydrogens is 489 g/mol. The fourth-order valence-corrected chi connectivity index (χ4v) is 2.88. The molecule has 0 atom stereocenters. The number of esters is 1. The van der Waals surface area contributed by atoms with Crippen LogP contribution < -0.4 is 5.32 Å². The molecule has 0 heterocycles. The van der Waals surface area contributed by atoms with E-state index < -0.39 is 34.5 Å². The monoisotopic (exact) mass is 505 g/mol. The third-order valence-electron chi connectivity index (χ3n) is 3.23. The summed E-state index contributed by atoms with van der Waals surface area (Å²) in [5, 5.41) is 2.58. The van der Waals surface area contributed by atoms with Crippen LogP contribution in [0.25, 0.3) is 0 Å². The van der Waals surface area contributed by atoms with Gasteiger partial charge in [-0.15, -0.1) is 0 Å². The van der Waals surface area contributed by atoms with E-state index in [0.29, 0.717) is 9.26 Å². The van der Waals surface area contributed by atoms with E-state index in [1.54, 1.807) is 0 Å². The summed E-state index contributed by atoms with van der Waals surface area (Å²) in [4.78, 5) is 23.7. The molecule has 0 saturated carbocycles. The van der Waals surface area contributed by atoms with Gasteiger partial charge in [-0.05, 0) is 46.4 Å². The zero-order valence-electron chi connectivity index (χ0n) is 13.9. The highest BCUT2D eigenvalue weighted by molar-refractivity contribution is 14.1. The molecule has 0 fully saturated rings. The third kappa shape index (κ3) is 7.53. The molecule has 0 aliphatic heterocycles. The van der Waals surface area contributed by atoms with Crippen molar-refractivity contribution in [1.29, 1.82) is 0 Å². The molecule has 0 saturated heterocycles. The highest BCUT2D eigenvalue weighted by atomic mass is 127. The lowest BCUT2D eigenvalue weighted by Crippen LogP contribution is -2.16. The van der Waals surface area contributed by atoms with Gasteiger partial charge in [0.1, 0.15) is 19.0 Å². The molecule has 0 radical (unpaired) electrons. The van der Waals surface area contributed by atoms with E-state index in [-0.39, 0.29) is 12.2 Å². The van der Waals surface area contributed by atoms with Crippen LogP contribution in [0.3, 0.4) is 0 Å². The zero-order valence-corrected chi connectivity index (χ0v) is 16.9. The fourth-order valence-electron chi connectivity index (χ4n) is 1.94. The summed E-state index contributed by atoms with van der Waals surface area (Å²) in [6.07, 6.45) is -0.639. The standard InChI is InChI=1S/C17H16INO7S/c18-14-10-13(16(20)25-8-9-27(22,23)24)6-7-15(14)19-17(21)26-11-12-4-2-1-3-5-12/h1-7,10H,8-9,11H2,(H,19,21)(H,22,23,24). The van der Waals surface area contributed by atoms with E-state index >= 15 is 0 Å². The van der Waals surface area contributed by atoms with Gasteiger partial charge < -0.3 is 9.47 Å². The third-order valence-corrected chi connectivity index (χ3v) is 4.80. The van der Waals surface area contributed by atoms with E-state index in [9.17, 15) is 18.0 Å². The Balaban J connectivity index is 1.89. The summed E-state index contributed by atoms with van der Waals surface area (Å²) in [5.41, 5.74) is 1.48. The first-order valence-corrected chi connectivity index (χ1v) is 10.3. The average Bonchev–Trinajstić information content (AvgIpc) is 2.61. The summed E-state index contributed by atoms with van der Waals surface area (Å²) in [7, 11) is -4.20. The average molecular weight is 505 g/mol. The van der Waals surface area contributed by atoms with E-state index in [4.69, 9.17) is 14.0 Å². The second kappa shape index (κ2) is 9.67. The number of ether oxygens (including phenoxy) is 2. The number of hydrogen-bond acceptors (Lipinski definition) is 6. The Morgan fingerprint density at radius 3 is 2.41 bits per heavy atom. The first-order valence-electron chi connectivity index (χ1n) is 7.64. The van der Waals surface area contributed by atoms with Crippen LogP contribution in [0.5, 0.6) is 0 Å². The predicted molar refractivity (Wildman–Crippen MR) is 106 cm³/mol. The van der Waals surface area contributed by atoms with Crippen molar-refractivity contribution in [2.75, 3.05) is 17.7 Å². The topological polar surface area (TPSA) is 119 Å². The maximum absolute atomic E-state index is 11.9. The Bertz CT molecular complexity index is 916. The van der Waals surface area contributed by atoms with Crippen molar-refractivity contribution < 1.29 is 32.0 Å². The number of benzene rings is 2. The zero-order chi connectivity index (χ0) is 19.9. The normalized spacial score (nSPS) is 10.9. The van der Waals surface area contributed by atoms with Crippen LogP contribution in [0.2, 0.25) is 0 Å². The molecule has 0 aliphatic carbocycles. The van der Waals surface area contributed by atoms with Crippen molar-refractivity contribution in [3.05, 3.63) is 63.2 Å². The second-order valence-electron chi connectivity index (χ2n) is 5.30. The van der Waals surface area contributed by atoms with Gasteiger partial charge in [0, 0.05) is 3.57 Å². The van der Waals surface area contributed by atoms with Gasteiger partial charge in [-0.2, -0.15) is 8.42 Å². The number of carbonyl (C=O) groups is 2. The number of nitrogens with one attached hydrogen (secondary N) is 1. The molecule has 2 aromatic carbocycles. The number of rotatable bonds is 7. The maximum atomic E-state index is 11.9. The van der Waals surface area contributed by atoms with E-state index in [2.05, 4.69) is 5.32 Å². The summed E-state index contributed by atoms with van der Waals surface area (Å²) in [6, 6.07) is 13.6. The molecule has 0 spiro atoms. The number of hydrogen-bond donors (Lipinski definition) is 2. The smallest absolute Gasteiger partial charge is 0.411 e. The highest BCUT2D eigenvalue weighted by Crippen LogP contribution is 2.20. The van der Waals surface area contributed by atoms with Gasteiger partial charge in [-0.3, -0.25) is 9.87 Å². The van der Waals surface area contributed by atoms with Gasteiger partial charge in [0.05, 0.1) is 11.3 Å². The number of amides is 1. The van der Waals surface area contributed by atoms with Gasteiger partial charge in [0.25, 0.3) is 10.1 Å². The van der Waals surface area contributed by atoms with Crippen molar-refractivity contribution >= 4 is 50.5 Å². The Morgan fingerprint density at radius 1 is 1.07 bits per heavy atom. The van der Waals surface area contributed by atoms with Crippen LogP contribution in [0.4, 0.5) is 10.5 Å². The van der Waals surface area contributed by atoms with E-state index in [0.717, 1.165) is 5.56 Å². The number of anilines is 1. The fraction of sp³-hybridized carbons (Fsp3) is 0.176. The Hall–Kier alpha value is -2.18. The Labute approximate surface area is 169 Å². The molecule has 10 heteroatoms. The molecule has 2 aromatic rings. The van der Waals surface area contributed by atoms with Crippen molar-refractivity contribution in [3.8, 4) is 0 Å². The molecule has 8 nitrogen and oxygen atoms in total. The van der Waals surface area contributed by atoms with Crippen LogP contribution in [0.1, 0.15) is 15.9 Å². The minimum absolute atomic E-state index is 0.126. The molecule has 1 amide bonds. The Morgan fingerprint density at radius 2 is 1.78 bits per heavy atom. The van der Waals surface area contributed by atoms with Crippen LogP contribution in [0.15, 0.2) is 48.5 Å². The number of halogens is 1. The molecule has 0 aromatic heterocycles. The molecule has 2 rings (SSSR count). The van der Waals surface area contributed by atoms with E-state index in [1.807, 2.05) is 52.9 Å². The predicted octanol–water partition coefficient (Wildman–Crippen LogP) is 3.08. The summed E-state index contributed by atoms with van der Waals surface area (Å²) < 4.78 is 40.3. The summed E-state index contributed by atoms with van der Waals surface area (Å²) >= 11 is 1.93. The largest absolute Gasteiger partial charge is 0.461 e. The van der Waals surface area contributed by atoms with Gasteiger partial charge >= 0.3 is 12.1 Å². The molecule has 0 aliphatic rings. The van der Waals surface area contributed by atoms with Crippen molar-refractivity contribution in [2.45, 2.75) is 6.61 Å². The summed E-state index contributed by atoms with van der Waals surface area (Å²) in [6.45, 7) is -0.332. The second-order valence-corrected chi connectivity index (χ2v) is 8.04. The molecule has 2 N–H and O–H groups in total. The van der Waals surface area contributed by atoms with Crippen molar-refractivity contribution in [2.24, 2.45) is 0 Å². The minimum Gasteiger partial charge on any atom is -0.461 e. The van der Waals surface area contributed by atoms with E-state index in [1.165, 1.54) is 18.2 Å². The van der Waals surface area contributed by atoms with Gasteiger partial charge in [0.2, 0.25) is 0 Å². The van der Waals surface area contributed by atoms with Crippen LogP contribution >= 0.6 is 22.6 Å². The van der Waals surface area contributed by atoms with Crippen molar-refractivity contribution in [1.82, 2.24) is 0 Å². The lowest BCUT2D eigenvalue weighted by Gasteiger charge is -2.10. The quantitative estimate of drug-likeness (QED) is 0.337. The first kappa shape index (κ1) is 21.1. The lowest BCUT2D eigenvalue weighted by molar-refractivity contribution is 0.0528. The highest BCUT2D eigenvalue weighted by Gasteiger charge is 2.13. The van der Waals surface area contributed by atoms with Gasteiger partial charge in [-0.25, -0.2) is 9.59 Å². The van der Waals surface area contributed by atoms with Crippen LogP contribution in [-0.2, 0) is 26.2 Å². The molecule has 0 bridgehead atoms. The van der Waals surface area contributed by atoms with Gasteiger partial charge in [-0.1, -0.05) is 30.3 Å². The molecule has 0 unspecified atom stereocenters. The summed E-state index contributed by atoms with van der Waals surface area (Å²) in [5.74, 6) is -1.42. The molecule has 27 heavy (non-hydrogen) atoms. The van der Waals surface area contributed by atoms with Crippen LogP contribution in [0, 0.1) is 3.57 Å². The maximum Gasteiger partial charge on any atom is 0.411 e. The molecule has 144 valence electrons. The van der Waals surface area contributed by atoms with Crippen LogP contribution in [-0.4, -0.2) is 37.4 Å². The lowest BCUT2D eigenvalue weighted by atomic mass is 10.2. The van der Waals surface area contributed by atoms with Crippen molar-refractivity contribution in [3.63, 3.8) is 0 Å². The molecular formula is C17H16INO7S. The van der Waals surface area contributed by atoms with Gasteiger partial charge in [0.15, 0.2) is 0 Å². The number of carbonyl (C=O) groups excluding carboxylic acids is 2. The Kier molecular flexibility index (Phi) is 7.56. The minimum atomic E-state index is -4.20. The SMILES string of the molecule is O=C(Nc1ccc(C(=O)OCCS(=O)(=O)O)cc1I)OCc1ccccc1. The first-order chi connectivity index (χ1) is 12.7.